The van der Waals surface area contributed by atoms with Crippen molar-refractivity contribution in [1.82, 2.24) is 4.98 Å². The SMILES string of the molecule is NC(Cc1ccncc1Cl)C(C(F)(F)F)C(F)(F)F. The Hall–Kier alpha value is -1.02. The van der Waals surface area contributed by atoms with Gasteiger partial charge in [0.2, 0.25) is 0 Å². The Bertz CT molecular complexity index is 417. The number of hydrogen-bond donors (Lipinski definition) is 1. The molecule has 108 valence electrons. The van der Waals surface area contributed by atoms with Gasteiger partial charge in [-0.15, -0.1) is 0 Å². The van der Waals surface area contributed by atoms with Crippen LogP contribution in [0.2, 0.25) is 5.02 Å². The summed E-state index contributed by atoms with van der Waals surface area (Å²) in [6.07, 6.45) is -9.23. The highest BCUT2D eigenvalue weighted by Crippen LogP contribution is 2.41. The number of nitrogens with two attached hydrogens (primary N) is 1. The minimum absolute atomic E-state index is 0.0268. The molecule has 1 aromatic rings. The van der Waals surface area contributed by atoms with Crippen LogP contribution in [0.15, 0.2) is 18.5 Å². The van der Waals surface area contributed by atoms with Crippen molar-refractivity contribution in [1.29, 1.82) is 0 Å². The van der Waals surface area contributed by atoms with Crippen molar-refractivity contribution in [2.24, 2.45) is 11.7 Å². The summed E-state index contributed by atoms with van der Waals surface area (Å²) < 4.78 is 74.5. The van der Waals surface area contributed by atoms with E-state index in [1.165, 1.54) is 12.3 Å². The van der Waals surface area contributed by atoms with Gasteiger partial charge in [-0.2, -0.15) is 26.3 Å². The molecule has 2 nitrogen and oxygen atoms in total. The first-order chi connectivity index (χ1) is 8.53. The van der Waals surface area contributed by atoms with Crippen molar-refractivity contribution in [3.8, 4) is 0 Å². The molecular formula is C10H9ClF6N2. The fourth-order valence-electron chi connectivity index (χ4n) is 1.61. The van der Waals surface area contributed by atoms with Gasteiger partial charge >= 0.3 is 12.4 Å². The molecule has 0 amide bonds. The van der Waals surface area contributed by atoms with Crippen molar-refractivity contribution in [2.75, 3.05) is 0 Å². The Morgan fingerprint density at radius 2 is 1.68 bits per heavy atom. The van der Waals surface area contributed by atoms with E-state index in [-0.39, 0.29) is 10.6 Å². The topological polar surface area (TPSA) is 38.9 Å². The largest absolute Gasteiger partial charge is 0.402 e. The smallest absolute Gasteiger partial charge is 0.327 e. The van der Waals surface area contributed by atoms with E-state index in [1.54, 1.807) is 0 Å². The molecule has 1 heterocycles. The maximum absolute atomic E-state index is 12.4. The Morgan fingerprint density at radius 1 is 1.16 bits per heavy atom. The summed E-state index contributed by atoms with van der Waals surface area (Å²) in [5, 5.41) is -0.0268. The van der Waals surface area contributed by atoms with Gasteiger partial charge in [-0.1, -0.05) is 11.6 Å². The summed E-state index contributed by atoms with van der Waals surface area (Å²) in [4.78, 5) is 3.58. The van der Waals surface area contributed by atoms with Gasteiger partial charge in [0.05, 0.1) is 5.02 Å². The van der Waals surface area contributed by atoms with Crippen LogP contribution in [0.25, 0.3) is 0 Å². The fourth-order valence-corrected chi connectivity index (χ4v) is 1.81. The molecule has 0 radical (unpaired) electrons. The number of alkyl halides is 6. The summed E-state index contributed by atoms with van der Waals surface area (Å²) in [5.74, 6) is -3.59. The molecule has 0 fully saturated rings. The normalized spacial score (nSPS) is 14.8. The molecule has 19 heavy (non-hydrogen) atoms. The van der Waals surface area contributed by atoms with Gasteiger partial charge in [-0.05, 0) is 18.1 Å². The lowest BCUT2D eigenvalue weighted by atomic mass is 9.93. The molecule has 1 rings (SSSR count). The highest BCUT2D eigenvalue weighted by molar-refractivity contribution is 6.31. The van der Waals surface area contributed by atoms with Crippen LogP contribution in [-0.2, 0) is 6.42 Å². The standard InChI is InChI=1S/C10H9ClF6N2/c11-6-4-19-2-1-5(6)3-7(18)8(9(12,13)14)10(15,16)17/h1-2,4,7-8H,3,18H2. The number of hydrogen-bond acceptors (Lipinski definition) is 2. The minimum Gasteiger partial charge on any atom is -0.327 e. The van der Waals surface area contributed by atoms with Gasteiger partial charge in [0.25, 0.3) is 0 Å². The number of pyridine rings is 1. The summed E-state index contributed by atoms with van der Waals surface area (Å²) in [6, 6.07) is -0.939. The zero-order valence-corrected chi connectivity index (χ0v) is 10.0. The molecule has 1 unspecified atom stereocenters. The summed E-state index contributed by atoms with van der Waals surface area (Å²) >= 11 is 5.62. The average molecular weight is 307 g/mol. The Labute approximate surface area is 109 Å². The van der Waals surface area contributed by atoms with E-state index in [4.69, 9.17) is 17.3 Å². The maximum Gasteiger partial charge on any atom is 0.402 e. The quantitative estimate of drug-likeness (QED) is 0.870. The molecule has 0 saturated heterocycles. The Balaban J connectivity index is 2.97. The second-order valence-electron chi connectivity index (χ2n) is 3.90. The van der Waals surface area contributed by atoms with Crippen molar-refractivity contribution in [2.45, 2.75) is 24.8 Å². The van der Waals surface area contributed by atoms with E-state index in [9.17, 15) is 26.3 Å². The van der Waals surface area contributed by atoms with E-state index < -0.39 is 30.7 Å². The van der Waals surface area contributed by atoms with Crippen LogP contribution in [0.5, 0.6) is 0 Å². The average Bonchev–Trinajstić information content (AvgIpc) is 2.16. The number of aromatic nitrogens is 1. The molecular weight excluding hydrogens is 298 g/mol. The van der Waals surface area contributed by atoms with Gasteiger partial charge in [-0.3, -0.25) is 4.98 Å². The molecule has 0 aliphatic rings. The molecule has 0 bridgehead atoms. The molecule has 1 aromatic heterocycles. The summed E-state index contributed by atoms with van der Waals surface area (Å²) in [5.41, 5.74) is 5.16. The summed E-state index contributed by atoms with van der Waals surface area (Å²) in [6.45, 7) is 0. The second kappa shape index (κ2) is 5.54. The molecule has 1 atom stereocenters. The highest BCUT2D eigenvalue weighted by Gasteiger charge is 2.59. The lowest BCUT2D eigenvalue weighted by molar-refractivity contribution is -0.289. The van der Waals surface area contributed by atoms with Crippen LogP contribution in [0.1, 0.15) is 5.56 Å². The first-order valence-corrected chi connectivity index (χ1v) is 5.38. The monoisotopic (exact) mass is 306 g/mol. The molecule has 2 N–H and O–H groups in total. The molecule has 0 aliphatic carbocycles. The zero-order chi connectivity index (χ0) is 14.8. The highest BCUT2D eigenvalue weighted by atomic mass is 35.5. The van der Waals surface area contributed by atoms with E-state index in [0.29, 0.717) is 0 Å². The third kappa shape index (κ3) is 4.24. The van der Waals surface area contributed by atoms with E-state index in [0.717, 1.165) is 6.20 Å². The fraction of sp³-hybridized carbons (Fsp3) is 0.500. The van der Waals surface area contributed by atoms with Crippen LogP contribution in [0.4, 0.5) is 26.3 Å². The predicted octanol–water partition coefficient (Wildman–Crippen LogP) is 3.35. The van der Waals surface area contributed by atoms with Crippen molar-refractivity contribution < 1.29 is 26.3 Å². The lowest BCUT2D eigenvalue weighted by Gasteiger charge is -2.28. The van der Waals surface area contributed by atoms with Crippen molar-refractivity contribution in [3.05, 3.63) is 29.0 Å². The maximum atomic E-state index is 12.4. The molecule has 0 spiro atoms. The third-order valence-corrected chi connectivity index (χ3v) is 2.79. The van der Waals surface area contributed by atoms with Crippen LogP contribution in [0, 0.1) is 5.92 Å². The van der Waals surface area contributed by atoms with Crippen LogP contribution in [0.3, 0.4) is 0 Å². The van der Waals surface area contributed by atoms with Crippen LogP contribution in [-0.4, -0.2) is 23.4 Å². The third-order valence-electron chi connectivity index (χ3n) is 2.45. The van der Waals surface area contributed by atoms with Crippen LogP contribution >= 0.6 is 11.6 Å². The number of nitrogens with zero attached hydrogens (tertiary/aromatic N) is 1. The van der Waals surface area contributed by atoms with Crippen molar-refractivity contribution in [3.63, 3.8) is 0 Å². The van der Waals surface area contributed by atoms with Gasteiger partial charge in [0, 0.05) is 18.4 Å². The first-order valence-electron chi connectivity index (χ1n) is 5.01. The van der Waals surface area contributed by atoms with Crippen LogP contribution < -0.4 is 5.73 Å². The van der Waals surface area contributed by atoms with Gasteiger partial charge in [-0.25, -0.2) is 0 Å². The molecule has 9 heteroatoms. The molecule has 0 aliphatic heterocycles. The zero-order valence-electron chi connectivity index (χ0n) is 9.26. The molecule has 0 saturated carbocycles. The number of rotatable bonds is 3. The second-order valence-corrected chi connectivity index (χ2v) is 4.30. The van der Waals surface area contributed by atoms with Gasteiger partial charge in [0.15, 0.2) is 5.92 Å². The Morgan fingerprint density at radius 3 is 2.11 bits per heavy atom. The van der Waals surface area contributed by atoms with E-state index in [1.807, 2.05) is 0 Å². The van der Waals surface area contributed by atoms with Gasteiger partial charge in [0.1, 0.15) is 0 Å². The predicted molar refractivity (Wildman–Crippen MR) is 56.5 cm³/mol. The Kier molecular flexibility index (Phi) is 4.67. The van der Waals surface area contributed by atoms with E-state index in [2.05, 4.69) is 4.98 Å². The minimum atomic E-state index is -5.46. The summed E-state index contributed by atoms with van der Waals surface area (Å²) in [7, 11) is 0. The van der Waals surface area contributed by atoms with Gasteiger partial charge < -0.3 is 5.73 Å². The number of halogens is 7. The molecule has 0 aromatic carbocycles. The first kappa shape index (κ1) is 16.0. The van der Waals surface area contributed by atoms with E-state index >= 15 is 0 Å². The lowest BCUT2D eigenvalue weighted by Crippen LogP contribution is -2.49. The van der Waals surface area contributed by atoms with Crippen molar-refractivity contribution >= 4 is 11.6 Å².